The first-order valence-corrected chi connectivity index (χ1v) is 7.13. The molecule has 102 valence electrons. The van der Waals surface area contributed by atoms with Gasteiger partial charge in [-0.25, -0.2) is 4.72 Å². The average Bonchev–Trinajstić information content (AvgIpc) is 2.79. The molecule has 0 atom stereocenters. The molecule has 2 N–H and O–H groups in total. The molecule has 0 aliphatic heterocycles. The van der Waals surface area contributed by atoms with Crippen molar-refractivity contribution in [3.63, 3.8) is 0 Å². The molecule has 0 amide bonds. The summed E-state index contributed by atoms with van der Waals surface area (Å²) in [5.74, 6) is 1.23. The van der Waals surface area contributed by atoms with Crippen LogP contribution in [0, 0.1) is 0 Å². The minimum Gasteiger partial charge on any atom is -0.313 e. The molecule has 0 saturated heterocycles. The highest BCUT2D eigenvalue weighted by molar-refractivity contribution is 7.87. The summed E-state index contributed by atoms with van der Waals surface area (Å²) < 4.78 is 28.9. The Kier molecular flexibility index (Phi) is 3.93. The zero-order chi connectivity index (χ0) is 13.9. The van der Waals surface area contributed by atoms with Gasteiger partial charge in [0.2, 0.25) is 0 Å². The van der Waals surface area contributed by atoms with Crippen molar-refractivity contribution in [2.45, 2.75) is 6.54 Å². The predicted molar refractivity (Wildman–Crippen MR) is 71.3 cm³/mol. The van der Waals surface area contributed by atoms with Gasteiger partial charge in [0, 0.05) is 19.7 Å². The third-order valence-electron chi connectivity index (χ3n) is 2.69. The van der Waals surface area contributed by atoms with Gasteiger partial charge >= 0.3 is 0 Å². The predicted octanol–water partition coefficient (Wildman–Crippen LogP) is 0.0359. The van der Waals surface area contributed by atoms with Gasteiger partial charge < -0.3 is 4.57 Å². The van der Waals surface area contributed by atoms with E-state index in [0.717, 1.165) is 5.56 Å². The summed E-state index contributed by atoms with van der Waals surface area (Å²) in [4.78, 5) is 0. The van der Waals surface area contributed by atoms with E-state index in [1.54, 1.807) is 11.6 Å². The van der Waals surface area contributed by atoms with Crippen LogP contribution in [-0.4, -0.2) is 30.2 Å². The normalized spacial score (nSPS) is 11.7. The lowest BCUT2D eigenvalue weighted by atomic mass is 10.2. The Balaban J connectivity index is 2.20. The monoisotopic (exact) mass is 281 g/mol. The second kappa shape index (κ2) is 5.47. The van der Waals surface area contributed by atoms with Crippen molar-refractivity contribution < 1.29 is 8.42 Å². The first kappa shape index (κ1) is 13.7. The van der Waals surface area contributed by atoms with Crippen molar-refractivity contribution >= 4 is 10.2 Å². The van der Waals surface area contributed by atoms with Crippen molar-refractivity contribution in [3.8, 4) is 11.4 Å². The summed E-state index contributed by atoms with van der Waals surface area (Å²) in [5.41, 5.74) is 0.931. The van der Waals surface area contributed by atoms with E-state index >= 15 is 0 Å². The molecule has 0 spiro atoms. The van der Waals surface area contributed by atoms with Crippen LogP contribution in [0.4, 0.5) is 0 Å². The first-order chi connectivity index (χ1) is 9.03. The number of rotatable bonds is 5. The van der Waals surface area contributed by atoms with Gasteiger partial charge in [-0.1, -0.05) is 30.3 Å². The molecule has 1 heterocycles. The maximum absolute atomic E-state index is 11.3. The molecule has 0 saturated carbocycles. The SMILES string of the molecule is CNS(=O)(=O)NCc1nnc(-c2ccccc2)n1C. The van der Waals surface area contributed by atoms with Gasteiger partial charge in [0.1, 0.15) is 5.82 Å². The summed E-state index contributed by atoms with van der Waals surface area (Å²) in [7, 11) is -0.332. The lowest BCUT2D eigenvalue weighted by Crippen LogP contribution is -2.34. The molecule has 0 aliphatic carbocycles. The molecule has 2 rings (SSSR count). The highest BCUT2D eigenvalue weighted by atomic mass is 32.2. The number of hydrogen-bond acceptors (Lipinski definition) is 4. The zero-order valence-corrected chi connectivity index (χ0v) is 11.5. The van der Waals surface area contributed by atoms with Crippen LogP contribution < -0.4 is 9.44 Å². The fourth-order valence-electron chi connectivity index (χ4n) is 1.59. The largest absolute Gasteiger partial charge is 0.313 e. The van der Waals surface area contributed by atoms with Crippen LogP contribution in [0.15, 0.2) is 30.3 Å². The van der Waals surface area contributed by atoms with E-state index in [-0.39, 0.29) is 6.54 Å². The lowest BCUT2D eigenvalue weighted by molar-refractivity contribution is 0.569. The average molecular weight is 281 g/mol. The molecule has 0 bridgehead atoms. The van der Waals surface area contributed by atoms with Crippen LogP contribution in [0.25, 0.3) is 11.4 Å². The van der Waals surface area contributed by atoms with Crippen LogP contribution in [0.3, 0.4) is 0 Å². The van der Waals surface area contributed by atoms with Crippen molar-refractivity contribution in [3.05, 3.63) is 36.2 Å². The molecule has 8 heteroatoms. The van der Waals surface area contributed by atoms with Crippen LogP contribution in [-0.2, 0) is 23.8 Å². The Labute approximate surface area is 111 Å². The van der Waals surface area contributed by atoms with Gasteiger partial charge in [-0.2, -0.15) is 13.1 Å². The minimum absolute atomic E-state index is 0.0828. The first-order valence-electron chi connectivity index (χ1n) is 5.65. The minimum atomic E-state index is -3.47. The summed E-state index contributed by atoms with van der Waals surface area (Å²) in [6.07, 6.45) is 0. The molecule has 0 fully saturated rings. The van der Waals surface area contributed by atoms with Crippen LogP contribution >= 0.6 is 0 Å². The van der Waals surface area contributed by atoms with E-state index in [1.807, 2.05) is 30.3 Å². The van der Waals surface area contributed by atoms with E-state index in [0.29, 0.717) is 11.6 Å². The van der Waals surface area contributed by atoms with Crippen molar-refractivity contribution in [1.29, 1.82) is 0 Å². The second-order valence-corrected chi connectivity index (χ2v) is 5.60. The summed E-state index contributed by atoms with van der Waals surface area (Å²) >= 11 is 0. The molecule has 0 radical (unpaired) electrons. The Morgan fingerprint density at radius 1 is 1.21 bits per heavy atom. The topological polar surface area (TPSA) is 88.9 Å². The summed E-state index contributed by atoms with van der Waals surface area (Å²) in [6.45, 7) is 0.0828. The molecule has 2 aromatic rings. The smallest absolute Gasteiger partial charge is 0.277 e. The molecular weight excluding hydrogens is 266 g/mol. The molecule has 19 heavy (non-hydrogen) atoms. The van der Waals surface area contributed by atoms with Crippen LogP contribution in [0.2, 0.25) is 0 Å². The van der Waals surface area contributed by atoms with Crippen LogP contribution in [0.1, 0.15) is 5.82 Å². The molecule has 1 aromatic carbocycles. The fourth-order valence-corrected chi connectivity index (χ4v) is 2.05. The Morgan fingerprint density at radius 3 is 2.53 bits per heavy atom. The van der Waals surface area contributed by atoms with E-state index in [1.165, 1.54) is 7.05 Å². The zero-order valence-electron chi connectivity index (χ0n) is 10.7. The second-order valence-electron chi connectivity index (χ2n) is 3.89. The highest BCUT2D eigenvalue weighted by Crippen LogP contribution is 2.16. The van der Waals surface area contributed by atoms with Gasteiger partial charge in [0.15, 0.2) is 5.82 Å². The van der Waals surface area contributed by atoms with E-state index in [4.69, 9.17) is 0 Å². The summed E-state index contributed by atoms with van der Waals surface area (Å²) in [6, 6.07) is 9.58. The molecule has 0 unspecified atom stereocenters. The number of benzene rings is 1. The number of hydrogen-bond donors (Lipinski definition) is 2. The van der Waals surface area contributed by atoms with Crippen molar-refractivity contribution in [2.75, 3.05) is 7.05 Å². The van der Waals surface area contributed by atoms with Gasteiger partial charge in [-0.05, 0) is 0 Å². The van der Waals surface area contributed by atoms with Gasteiger partial charge in [0.25, 0.3) is 10.2 Å². The van der Waals surface area contributed by atoms with Crippen molar-refractivity contribution in [2.24, 2.45) is 7.05 Å². The maximum atomic E-state index is 11.3. The van der Waals surface area contributed by atoms with E-state index in [9.17, 15) is 8.42 Å². The molecular formula is C11H15N5O2S. The van der Waals surface area contributed by atoms with Crippen LogP contribution in [0.5, 0.6) is 0 Å². The van der Waals surface area contributed by atoms with Gasteiger partial charge in [0.05, 0.1) is 6.54 Å². The van der Waals surface area contributed by atoms with Gasteiger partial charge in [-0.3, -0.25) is 0 Å². The molecule has 1 aromatic heterocycles. The van der Waals surface area contributed by atoms with Gasteiger partial charge in [-0.15, -0.1) is 10.2 Å². The van der Waals surface area contributed by atoms with E-state index < -0.39 is 10.2 Å². The quantitative estimate of drug-likeness (QED) is 0.809. The highest BCUT2D eigenvalue weighted by Gasteiger charge is 2.12. The summed E-state index contributed by atoms with van der Waals surface area (Å²) in [5, 5.41) is 8.06. The number of aromatic nitrogens is 3. The van der Waals surface area contributed by atoms with Crippen molar-refractivity contribution in [1.82, 2.24) is 24.2 Å². The number of nitrogens with zero attached hydrogens (tertiary/aromatic N) is 3. The fraction of sp³-hybridized carbons (Fsp3) is 0.273. The Morgan fingerprint density at radius 2 is 1.89 bits per heavy atom. The standard InChI is InChI=1S/C11H15N5O2S/c1-12-19(17,18)13-8-10-14-15-11(16(10)2)9-6-4-3-5-7-9/h3-7,12-13H,8H2,1-2H3. The Hall–Kier alpha value is -1.77. The molecule has 7 nitrogen and oxygen atoms in total. The Bertz CT molecular complexity index is 651. The third-order valence-corrected chi connectivity index (χ3v) is 3.75. The van der Waals surface area contributed by atoms with E-state index in [2.05, 4.69) is 19.6 Å². The number of nitrogens with one attached hydrogen (secondary N) is 2. The third kappa shape index (κ3) is 3.16. The lowest BCUT2D eigenvalue weighted by Gasteiger charge is -2.05. The molecule has 0 aliphatic rings. The maximum Gasteiger partial charge on any atom is 0.277 e.